The van der Waals surface area contributed by atoms with E-state index in [-0.39, 0.29) is 24.3 Å². The van der Waals surface area contributed by atoms with Crippen molar-refractivity contribution < 1.29 is 23.2 Å². The van der Waals surface area contributed by atoms with Crippen LogP contribution in [0.4, 0.5) is 5.69 Å². The summed E-state index contributed by atoms with van der Waals surface area (Å²) in [7, 11) is -2.66. The van der Waals surface area contributed by atoms with Crippen LogP contribution in [-0.4, -0.2) is 43.0 Å². The van der Waals surface area contributed by atoms with E-state index in [9.17, 15) is 18.4 Å². The first-order valence-electron chi connectivity index (χ1n) is 8.94. The van der Waals surface area contributed by atoms with Gasteiger partial charge >= 0.3 is 0 Å². The zero-order chi connectivity index (χ0) is 21.1. The molecule has 3 rings (SSSR count). The van der Waals surface area contributed by atoms with Crippen LogP contribution in [0, 0.1) is 0 Å². The Hall–Kier alpha value is -1.72. The lowest BCUT2D eigenvalue weighted by Gasteiger charge is -2.30. The van der Waals surface area contributed by atoms with Crippen LogP contribution in [0.15, 0.2) is 44.9 Å². The number of nitrogens with zero attached hydrogens (tertiary/aromatic N) is 1. The van der Waals surface area contributed by atoms with E-state index in [1.807, 2.05) is 16.8 Å². The summed E-state index contributed by atoms with van der Waals surface area (Å²) in [5, 5.41) is 14.1. The number of fused-ring (bicyclic) bond motifs is 1. The Labute approximate surface area is 178 Å². The van der Waals surface area contributed by atoms with Crippen molar-refractivity contribution in [2.75, 3.05) is 13.7 Å². The summed E-state index contributed by atoms with van der Waals surface area (Å²) in [4.78, 5) is 17.1. The maximum atomic E-state index is 13.5. The zero-order valence-corrected chi connectivity index (χ0v) is 18.5. The third kappa shape index (κ3) is 3.99. The molecule has 0 saturated carbocycles. The summed E-state index contributed by atoms with van der Waals surface area (Å²) in [6.07, 6.45) is -0.0710. The molecule has 0 spiro atoms. The standard InChI is InChI=1S/C19H22N2O5S3/c1-3-19(7-8-26-2,18(22)21-23)29(24,25)15-4-5-16-14(10-15)12-28-17(20-16)13-6-9-27-11-13/h4-6,9-11,23H,3,7-8,12H2,1-2H3,(H,21,22). The van der Waals surface area contributed by atoms with Crippen LogP contribution < -0.4 is 5.48 Å². The molecule has 1 aliphatic heterocycles. The second-order valence-corrected chi connectivity index (χ2v) is 10.5. The molecule has 2 N–H and O–H groups in total. The lowest BCUT2D eigenvalue weighted by atomic mass is 10.0. The van der Waals surface area contributed by atoms with Crippen LogP contribution in [0.3, 0.4) is 0 Å². The number of carbonyl (C=O) groups excluding carboxylic acids is 1. The van der Waals surface area contributed by atoms with E-state index in [1.54, 1.807) is 42.2 Å². The zero-order valence-electron chi connectivity index (χ0n) is 16.0. The van der Waals surface area contributed by atoms with Crippen molar-refractivity contribution in [1.29, 1.82) is 0 Å². The predicted octanol–water partition coefficient (Wildman–Crippen LogP) is 3.54. The Morgan fingerprint density at radius 3 is 2.79 bits per heavy atom. The van der Waals surface area contributed by atoms with Crippen molar-refractivity contribution in [1.82, 2.24) is 5.48 Å². The van der Waals surface area contributed by atoms with Gasteiger partial charge in [-0.15, -0.1) is 11.8 Å². The van der Waals surface area contributed by atoms with Crippen molar-refractivity contribution in [2.45, 2.75) is 35.2 Å². The fourth-order valence-corrected chi connectivity index (χ4v) is 6.98. The number of aliphatic imine (C=N–C) groups is 1. The average molecular weight is 455 g/mol. The molecule has 2 heterocycles. The molecule has 1 atom stereocenters. The highest BCUT2D eigenvalue weighted by Crippen LogP contribution is 2.38. The first-order chi connectivity index (χ1) is 13.9. The third-order valence-corrected chi connectivity index (χ3v) is 9.35. The van der Waals surface area contributed by atoms with E-state index in [1.165, 1.54) is 18.7 Å². The number of rotatable bonds is 8. The van der Waals surface area contributed by atoms with Gasteiger partial charge in [0.1, 0.15) is 5.04 Å². The number of methoxy groups -OCH3 is 1. The monoisotopic (exact) mass is 454 g/mol. The van der Waals surface area contributed by atoms with Gasteiger partial charge in [0.05, 0.1) is 10.6 Å². The number of hydroxylamine groups is 1. The van der Waals surface area contributed by atoms with Crippen LogP contribution in [0.25, 0.3) is 0 Å². The molecule has 1 unspecified atom stereocenters. The fraction of sp³-hybridized carbons (Fsp3) is 0.368. The predicted molar refractivity (Wildman–Crippen MR) is 115 cm³/mol. The minimum Gasteiger partial charge on any atom is -0.385 e. The van der Waals surface area contributed by atoms with Crippen molar-refractivity contribution in [3.63, 3.8) is 0 Å². The number of thiophene rings is 1. The fourth-order valence-electron chi connectivity index (χ4n) is 3.27. The van der Waals surface area contributed by atoms with E-state index in [0.717, 1.165) is 21.9 Å². The lowest BCUT2D eigenvalue weighted by Crippen LogP contribution is -2.52. The van der Waals surface area contributed by atoms with Crippen molar-refractivity contribution in [3.8, 4) is 0 Å². The number of thioether (sulfide) groups is 1. The molecule has 156 valence electrons. The Kier molecular flexibility index (Phi) is 6.79. The van der Waals surface area contributed by atoms with Crippen LogP contribution in [0.1, 0.15) is 30.9 Å². The summed E-state index contributed by atoms with van der Waals surface area (Å²) in [6, 6.07) is 6.72. The van der Waals surface area contributed by atoms with Crippen LogP contribution in [-0.2, 0) is 25.1 Å². The Bertz CT molecular complexity index is 1020. The first kappa shape index (κ1) is 22.0. The highest BCUT2D eigenvalue weighted by molar-refractivity contribution is 8.13. The Balaban J connectivity index is 2.02. The van der Waals surface area contributed by atoms with Crippen LogP contribution in [0.5, 0.6) is 0 Å². The molecular weight excluding hydrogens is 432 g/mol. The largest absolute Gasteiger partial charge is 0.385 e. The number of sulfone groups is 1. The summed E-state index contributed by atoms with van der Waals surface area (Å²) in [5.74, 6) is -0.376. The molecule has 2 aromatic rings. The molecule has 1 amide bonds. The van der Waals surface area contributed by atoms with Gasteiger partial charge in [0.25, 0.3) is 5.91 Å². The Morgan fingerprint density at radius 1 is 1.38 bits per heavy atom. The van der Waals surface area contributed by atoms with Crippen molar-refractivity contribution in [2.24, 2.45) is 4.99 Å². The van der Waals surface area contributed by atoms with Gasteiger partial charge in [-0.25, -0.2) is 18.9 Å². The van der Waals surface area contributed by atoms with E-state index < -0.39 is 20.5 Å². The van der Waals surface area contributed by atoms with Gasteiger partial charge in [0, 0.05) is 30.4 Å². The number of nitrogens with one attached hydrogen (secondary N) is 1. The van der Waals surface area contributed by atoms with Gasteiger partial charge in [-0.1, -0.05) is 6.92 Å². The number of hydrogen-bond donors (Lipinski definition) is 2. The molecule has 0 fully saturated rings. The SMILES string of the molecule is CCC(CCOC)(C(=O)NO)S(=O)(=O)c1ccc2c(c1)CSC(c1ccsc1)=N2. The first-order valence-corrected chi connectivity index (χ1v) is 12.4. The average Bonchev–Trinajstić information content (AvgIpc) is 3.28. The smallest absolute Gasteiger partial charge is 0.265 e. The van der Waals surface area contributed by atoms with E-state index in [2.05, 4.69) is 4.99 Å². The van der Waals surface area contributed by atoms with Gasteiger partial charge in [-0.3, -0.25) is 10.0 Å². The second-order valence-electron chi connectivity index (χ2n) is 6.54. The molecule has 1 aromatic carbocycles. The number of benzene rings is 1. The maximum absolute atomic E-state index is 13.5. The van der Waals surface area contributed by atoms with Crippen LogP contribution >= 0.6 is 23.1 Å². The summed E-state index contributed by atoms with van der Waals surface area (Å²) in [6.45, 7) is 1.67. The highest BCUT2D eigenvalue weighted by Gasteiger charge is 2.49. The van der Waals surface area contributed by atoms with Gasteiger partial charge in [0.2, 0.25) is 0 Å². The summed E-state index contributed by atoms with van der Waals surface area (Å²) in [5.41, 5.74) is 4.08. The highest BCUT2D eigenvalue weighted by atomic mass is 32.2. The molecule has 1 aliphatic rings. The minimum atomic E-state index is -4.09. The third-order valence-electron chi connectivity index (χ3n) is 5.03. The molecule has 10 heteroatoms. The Morgan fingerprint density at radius 2 is 2.17 bits per heavy atom. The van der Waals surface area contributed by atoms with Gasteiger partial charge < -0.3 is 4.74 Å². The van der Waals surface area contributed by atoms with Crippen molar-refractivity contribution >= 4 is 49.6 Å². The van der Waals surface area contributed by atoms with Gasteiger partial charge in [-0.05, 0) is 48.1 Å². The number of hydrogen-bond acceptors (Lipinski definition) is 8. The second kappa shape index (κ2) is 8.97. The quantitative estimate of drug-likeness (QED) is 0.467. The topological polar surface area (TPSA) is 105 Å². The molecule has 0 bridgehead atoms. The van der Waals surface area contributed by atoms with Crippen LogP contribution in [0.2, 0.25) is 0 Å². The normalized spacial score (nSPS) is 15.9. The minimum absolute atomic E-state index is 0.00260. The lowest BCUT2D eigenvalue weighted by molar-refractivity contribution is -0.132. The summed E-state index contributed by atoms with van der Waals surface area (Å²) < 4.78 is 30.1. The van der Waals surface area contributed by atoms with E-state index in [4.69, 9.17) is 4.74 Å². The molecule has 1 aromatic heterocycles. The van der Waals surface area contributed by atoms with Gasteiger partial charge in [0.15, 0.2) is 14.6 Å². The summed E-state index contributed by atoms with van der Waals surface area (Å²) >= 11 is 3.14. The maximum Gasteiger partial charge on any atom is 0.265 e. The van der Waals surface area contributed by atoms with Crippen molar-refractivity contribution in [3.05, 3.63) is 46.2 Å². The molecule has 0 saturated heterocycles. The molecule has 7 nitrogen and oxygen atoms in total. The molecular formula is C19H22N2O5S3. The van der Waals surface area contributed by atoms with Gasteiger partial charge in [-0.2, -0.15) is 11.3 Å². The molecule has 0 aliphatic carbocycles. The molecule has 0 radical (unpaired) electrons. The number of ether oxygens (including phenoxy) is 1. The number of amides is 1. The number of carbonyl (C=O) groups is 1. The molecule has 29 heavy (non-hydrogen) atoms. The van der Waals surface area contributed by atoms with E-state index in [0.29, 0.717) is 5.75 Å². The van der Waals surface area contributed by atoms with E-state index >= 15 is 0 Å².